The minimum absolute atomic E-state index is 0.162. The molecule has 0 heterocycles. The molecule has 0 aliphatic rings. The van der Waals surface area contributed by atoms with Crippen molar-refractivity contribution in [1.82, 2.24) is 0 Å². The lowest BCUT2D eigenvalue weighted by atomic mass is 10.1. The Morgan fingerprint density at radius 3 is 2.63 bits per heavy atom. The predicted molar refractivity (Wildman–Crippen MR) is 83.0 cm³/mol. The summed E-state index contributed by atoms with van der Waals surface area (Å²) in [7, 11) is 0. The van der Waals surface area contributed by atoms with Crippen LogP contribution in [0, 0.1) is 13.8 Å². The molecule has 0 aromatic heterocycles. The number of carbonyl (C=O) groups is 1. The molecule has 4 heteroatoms. The summed E-state index contributed by atoms with van der Waals surface area (Å²) in [5.41, 5.74) is 3.22. The maximum atomic E-state index is 12.2. The van der Waals surface area contributed by atoms with Gasteiger partial charge in [-0.2, -0.15) is 0 Å². The number of carbonyl (C=O) groups excluding carboxylic acids is 1. The molecular formula is C15H13BrClNO. The quantitative estimate of drug-likeness (QED) is 0.823. The summed E-state index contributed by atoms with van der Waals surface area (Å²) >= 11 is 9.53. The molecule has 0 spiro atoms. The van der Waals surface area contributed by atoms with Gasteiger partial charge in [0.15, 0.2) is 0 Å². The molecule has 2 aromatic rings. The molecule has 0 unspecified atom stereocenters. The fraction of sp³-hybridized carbons (Fsp3) is 0.133. The summed E-state index contributed by atoms with van der Waals surface area (Å²) in [6, 6.07) is 11.1. The number of hydrogen-bond donors (Lipinski definition) is 1. The van der Waals surface area contributed by atoms with Crippen LogP contribution < -0.4 is 5.32 Å². The van der Waals surface area contributed by atoms with E-state index in [1.807, 2.05) is 44.2 Å². The van der Waals surface area contributed by atoms with Crippen molar-refractivity contribution in [1.29, 1.82) is 0 Å². The summed E-state index contributed by atoms with van der Waals surface area (Å²) in [4.78, 5) is 12.2. The van der Waals surface area contributed by atoms with Crippen LogP contribution in [0.4, 0.5) is 5.69 Å². The molecule has 1 amide bonds. The van der Waals surface area contributed by atoms with Crippen LogP contribution in [0.1, 0.15) is 21.5 Å². The van der Waals surface area contributed by atoms with Gasteiger partial charge in [0.05, 0.1) is 10.7 Å². The minimum atomic E-state index is -0.162. The lowest BCUT2D eigenvalue weighted by Gasteiger charge is -2.10. The Labute approximate surface area is 125 Å². The zero-order valence-corrected chi connectivity index (χ0v) is 13.0. The summed E-state index contributed by atoms with van der Waals surface area (Å²) in [6.07, 6.45) is 0. The van der Waals surface area contributed by atoms with Crippen molar-refractivity contribution in [2.75, 3.05) is 5.32 Å². The second-order valence-electron chi connectivity index (χ2n) is 4.35. The fourth-order valence-corrected chi connectivity index (χ4v) is 2.41. The van der Waals surface area contributed by atoms with Crippen LogP contribution in [-0.4, -0.2) is 5.91 Å². The fourth-order valence-electron chi connectivity index (χ4n) is 1.76. The molecule has 2 rings (SSSR count). The summed E-state index contributed by atoms with van der Waals surface area (Å²) in [5, 5.41) is 3.37. The second-order valence-corrected chi connectivity index (χ2v) is 5.61. The number of anilines is 1. The maximum Gasteiger partial charge on any atom is 0.256 e. The van der Waals surface area contributed by atoms with Crippen LogP contribution in [-0.2, 0) is 0 Å². The van der Waals surface area contributed by atoms with Crippen molar-refractivity contribution >= 4 is 39.1 Å². The number of halogens is 2. The monoisotopic (exact) mass is 337 g/mol. The Morgan fingerprint density at radius 1 is 1.21 bits per heavy atom. The zero-order chi connectivity index (χ0) is 14.0. The van der Waals surface area contributed by atoms with Crippen molar-refractivity contribution in [2.45, 2.75) is 13.8 Å². The van der Waals surface area contributed by atoms with Crippen LogP contribution in [0.15, 0.2) is 40.9 Å². The Morgan fingerprint density at radius 2 is 1.95 bits per heavy atom. The van der Waals surface area contributed by atoms with Gasteiger partial charge in [-0.1, -0.05) is 39.7 Å². The van der Waals surface area contributed by atoms with E-state index in [0.29, 0.717) is 16.3 Å². The van der Waals surface area contributed by atoms with Crippen LogP contribution in [0.3, 0.4) is 0 Å². The number of amides is 1. The SMILES string of the molecule is Cc1ccc(NC(=O)c2cccc(Br)c2C)c(Cl)c1. The molecule has 2 aromatic carbocycles. The molecule has 1 N–H and O–H groups in total. The van der Waals surface area contributed by atoms with Gasteiger partial charge in [-0.15, -0.1) is 0 Å². The third-order valence-corrected chi connectivity index (χ3v) is 4.06. The van der Waals surface area contributed by atoms with E-state index in [4.69, 9.17) is 11.6 Å². The lowest BCUT2D eigenvalue weighted by Crippen LogP contribution is -2.13. The summed E-state index contributed by atoms with van der Waals surface area (Å²) < 4.78 is 0.912. The van der Waals surface area contributed by atoms with Gasteiger partial charge in [-0.25, -0.2) is 0 Å². The molecule has 0 atom stereocenters. The van der Waals surface area contributed by atoms with Gasteiger partial charge in [0.1, 0.15) is 0 Å². The van der Waals surface area contributed by atoms with Gasteiger partial charge < -0.3 is 5.32 Å². The lowest BCUT2D eigenvalue weighted by molar-refractivity contribution is 0.102. The van der Waals surface area contributed by atoms with Crippen LogP contribution >= 0.6 is 27.5 Å². The molecule has 0 fully saturated rings. The first-order valence-corrected chi connectivity index (χ1v) is 6.99. The zero-order valence-electron chi connectivity index (χ0n) is 10.6. The number of hydrogen-bond acceptors (Lipinski definition) is 1. The van der Waals surface area contributed by atoms with Crippen LogP contribution in [0.5, 0.6) is 0 Å². The van der Waals surface area contributed by atoms with E-state index in [1.165, 1.54) is 0 Å². The third-order valence-electron chi connectivity index (χ3n) is 2.89. The number of nitrogens with one attached hydrogen (secondary N) is 1. The van der Waals surface area contributed by atoms with Gasteiger partial charge in [0.2, 0.25) is 0 Å². The first-order valence-electron chi connectivity index (χ1n) is 5.81. The predicted octanol–water partition coefficient (Wildman–Crippen LogP) is 4.97. The molecule has 98 valence electrons. The van der Waals surface area contributed by atoms with E-state index >= 15 is 0 Å². The number of aryl methyl sites for hydroxylation is 1. The van der Waals surface area contributed by atoms with Crippen LogP contribution in [0.2, 0.25) is 5.02 Å². The Balaban J connectivity index is 2.28. The van der Waals surface area contributed by atoms with Crippen molar-refractivity contribution in [3.8, 4) is 0 Å². The van der Waals surface area contributed by atoms with Gasteiger partial charge in [-0.3, -0.25) is 4.79 Å². The Bertz CT molecular complexity index is 640. The third kappa shape index (κ3) is 3.17. The summed E-state index contributed by atoms with van der Waals surface area (Å²) in [6.45, 7) is 3.85. The van der Waals surface area contributed by atoms with Gasteiger partial charge >= 0.3 is 0 Å². The van der Waals surface area contributed by atoms with Gasteiger partial charge in [-0.05, 0) is 49.2 Å². The highest BCUT2D eigenvalue weighted by Gasteiger charge is 2.12. The molecule has 0 radical (unpaired) electrons. The van der Waals surface area contributed by atoms with Crippen molar-refractivity contribution in [3.05, 3.63) is 62.6 Å². The highest BCUT2D eigenvalue weighted by Crippen LogP contribution is 2.25. The maximum absolute atomic E-state index is 12.2. The van der Waals surface area contributed by atoms with Crippen LogP contribution in [0.25, 0.3) is 0 Å². The Hall–Kier alpha value is -1.32. The van der Waals surface area contributed by atoms with E-state index in [-0.39, 0.29) is 5.91 Å². The molecule has 19 heavy (non-hydrogen) atoms. The molecule has 0 bridgehead atoms. The smallest absolute Gasteiger partial charge is 0.256 e. The van der Waals surface area contributed by atoms with Crippen molar-refractivity contribution in [2.24, 2.45) is 0 Å². The average molecular weight is 339 g/mol. The largest absolute Gasteiger partial charge is 0.321 e. The van der Waals surface area contributed by atoms with E-state index in [0.717, 1.165) is 15.6 Å². The van der Waals surface area contributed by atoms with Gasteiger partial charge in [0.25, 0.3) is 5.91 Å². The average Bonchev–Trinajstić information content (AvgIpc) is 2.36. The topological polar surface area (TPSA) is 29.1 Å². The standard InChI is InChI=1S/C15H13BrClNO/c1-9-6-7-14(13(17)8-9)18-15(19)11-4-3-5-12(16)10(11)2/h3-8H,1-2H3,(H,18,19). The van der Waals surface area contributed by atoms with E-state index in [2.05, 4.69) is 21.2 Å². The second kappa shape index (κ2) is 5.76. The Kier molecular flexibility index (Phi) is 4.27. The highest BCUT2D eigenvalue weighted by molar-refractivity contribution is 9.10. The molecule has 2 nitrogen and oxygen atoms in total. The first-order chi connectivity index (χ1) is 8.99. The number of benzene rings is 2. The van der Waals surface area contributed by atoms with Crippen molar-refractivity contribution in [3.63, 3.8) is 0 Å². The molecular weight excluding hydrogens is 326 g/mol. The molecule has 0 aliphatic heterocycles. The minimum Gasteiger partial charge on any atom is -0.321 e. The molecule has 0 aliphatic carbocycles. The van der Waals surface area contributed by atoms with Gasteiger partial charge in [0, 0.05) is 10.0 Å². The van der Waals surface area contributed by atoms with E-state index in [1.54, 1.807) is 6.07 Å². The normalized spacial score (nSPS) is 10.3. The number of rotatable bonds is 2. The van der Waals surface area contributed by atoms with E-state index < -0.39 is 0 Å². The molecule has 0 saturated carbocycles. The summed E-state index contributed by atoms with van der Waals surface area (Å²) in [5.74, 6) is -0.162. The first kappa shape index (κ1) is 14.1. The molecule has 0 saturated heterocycles. The van der Waals surface area contributed by atoms with Crippen molar-refractivity contribution < 1.29 is 4.79 Å². The highest BCUT2D eigenvalue weighted by atomic mass is 79.9. The van der Waals surface area contributed by atoms with E-state index in [9.17, 15) is 4.79 Å².